The Balaban J connectivity index is 2.31. The van der Waals surface area contributed by atoms with Gasteiger partial charge in [-0.2, -0.15) is 0 Å². The minimum Gasteiger partial charge on any atom is -0.142 e. The van der Waals surface area contributed by atoms with Crippen molar-refractivity contribution in [3.8, 4) is 0 Å². The predicted molar refractivity (Wildman–Crippen MR) is 93.5 cm³/mol. The molecule has 0 fully saturated rings. The normalized spacial score (nSPS) is 11.5. The average Bonchev–Trinajstić information content (AvgIpc) is 2.47. The maximum atomic E-state index is 4.76. The number of hydrogen-bond acceptors (Lipinski definition) is 2. The van der Waals surface area contributed by atoms with Crippen molar-refractivity contribution in [2.75, 3.05) is 0 Å². The Labute approximate surface area is 128 Å². The Hall–Kier alpha value is -1.64. The molecule has 4 rings (SSSR count). The van der Waals surface area contributed by atoms with Crippen LogP contribution in [0.25, 0.3) is 32.3 Å². The van der Waals surface area contributed by atoms with E-state index in [9.17, 15) is 0 Å². The second-order valence-corrected chi connectivity index (χ2v) is 5.89. The Morgan fingerprint density at radius 3 is 1.50 bits per heavy atom. The lowest BCUT2D eigenvalue weighted by Gasteiger charge is -2.11. The van der Waals surface area contributed by atoms with E-state index in [1.165, 1.54) is 26.9 Å². The lowest BCUT2D eigenvalue weighted by molar-refractivity contribution is 1.55. The molecule has 0 amide bonds. The van der Waals surface area contributed by atoms with Gasteiger partial charge in [-0.15, -0.1) is 25.3 Å². The molecule has 0 atom stereocenters. The van der Waals surface area contributed by atoms with Gasteiger partial charge in [-0.1, -0.05) is 48.5 Å². The molecule has 0 N–H and O–H groups in total. The van der Waals surface area contributed by atoms with Crippen molar-refractivity contribution in [1.29, 1.82) is 0 Å². The Bertz CT molecular complexity index is 894. The third kappa shape index (κ3) is 1.65. The molecule has 4 aromatic rings. The quantitative estimate of drug-likeness (QED) is 0.300. The highest BCUT2D eigenvalue weighted by molar-refractivity contribution is 7.81. The van der Waals surface area contributed by atoms with Crippen molar-refractivity contribution in [2.24, 2.45) is 0 Å². The smallest absolute Gasteiger partial charge is 0.0209 e. The van der Waals surface area contributed by atoms with Crippen LogP contribution in [0.15, 0.2) is 70.5 Å². The summed E-state index contributed by atoms with van der Waals surface area (Å²) in [7, 11) is 0. The second kappa shape index (κ2) is 4.44. The summed E-state index contributed by atoms with van der Waals surface area (Å²) in [5.41, 5.74) is 0. The standard InChI is InChI=1S/C18H12S2/c19-17-14-7-3-1-5-11(14)9-13-10-12-6-2-4-8-15(12)18(20)16(13)17/h1-10,19-20H. The SMILES string of the molecule is Sc1c2ccccc2cc2cc3ccccc3c(S)c12. The van der Waals surface area contributed by atoms with E-state index in [0.29, 0.717) is 0 Å². The second-order valence-electron chi connectivity index (χ2n) is 4.99. The van der Waals surface area contributed by atoms with Gasteiger partial charge in [-0.25, -0.2) is 0 Å². The lowest BCUT2D eigenvalue weighted by Crippen LogP contribution is -1.84. The molecule has 0 saturated carbocycles. The van der Waals surface area contributed by atoms with Crippen LogP contribution in [0.2, 0.25) is 0 Å². The summed E-state index contributed by atoms with van der Waals surface area (Å²) in [6.45, 7) is 0. The summed E-state index contributed by atoms with van der Waals surface area (Å²) in [5, 5.41) is 7.11. The van der Waals surface area contributed by atoms with E-state index in [-0.39, 0.29) is 0 Å². The third-order valence-electron chi connectivity index (χ3n) is 3.82. The van der Waals surface area contributed by atoms with Crippen LogP contribution in [-0.4, -0.2) is 0 Å². The maximum Gasteiger partial charge on any atom is 0.0209 e. The Morgan fingerprint density at radius 2 is 1.00 bits per heavy atom. The molecule has 0 radical (unpaired) electrons. The van der Waals surface area contributed by atoms with Crippen molar-refractivity contribution in [3.05, 3.63) is 60.7 Å². The lowest BCUT2D eigenvalue weighted by atomic mass is 9.99. The fourth-order valence-corrected chi connectivity index (χ4v) is 3.83. The zero-order valence-electron chi connectivity index (χ0n) is 10.7. The molecule has 0 bridgehead atoms. The Kier molecular flexibility index (Phi) is 2.69. The first-order valence-electron chi connectivity index (χ1n) is 6.51. The minimum absolute atomic E-state index is 1.01. The third-order valence-corrected chi connectivity index (χ3v) is 4.75. The van der Waals surface area contributed by atoms with Crippen LogP contribution in [0.1, 0.15) is 0 Å². The molecule has 0 aliphatic rings. The zero-order valence-corrected chi connectivity index (χ0v) is 12.5. The van der Waals surface area contributed by atoms with E-state index in [4.69, 9.17) is 25.3 Å². The molecular formula is C18H12S2. The highest BCUT2D eigenvalue weighted by Gasteiger charge is 2.10. The maximum absolute atomic E-state index is 4.76. The van der Waals surface area contributed by atoms with E-state index in [1.807, 2.05) is 12.1 Å². The van der Waals surface area contributed by atoms with Crippen molar-refractivity contribution >= 4 is 57.6 Å². The van der Waals surface area contributed by atoms with Crippen molar-refractivity contribution < 1.29 is 0 Å². The summed E-state index contributed by atoms with van der Waals surface area (Å²) < 4.78 is 0. The van der Waals surface area contributed by atoms with Crippen LogP contribution in [-0.2, 0) is 0 Å². The molecule has 0 heterocycles. The molecule has 0 aliphatic heterocycles. The zero-order chi connectivity index (χ0) is 13.7. The number of thiol groups is 2. The van der Waals surface area contributed by atoms with Gasteiger partial charge in [0.25, 0.3) is 0 Å². The van der Waals surface area contributed by atoms with E-state index in [0.717, 1.165) is 15.2 Å². The largest absolute Gasteiger partial charge is 0.142 e. The minimum atomic E-state index is 1.01. The van der Waals surface area contributed by atoms with E-state index >= 15 is 0 Å². The van der Waals surface area contributed by atoms with Crippen LogP contribution < -0.4 is 0 Å². The summed E-state index contributed by atoms with van der Waals surface area (Å²) in [4.78, 5) is 2.02. The molecule has 2 heteroatoms. The van der Waals surface area contributed by atoms with Crippen LogP contribution >= 0.6 is 25.3 Å². The van der Waals surface area contributed by atoms with Crippen LogP contribution in [0.5, 0.6) is 0 Å². The predicted octanol–water partition coefficient (Wildman–Crippen LogP) is 5.72. The number of fused-ring (bicyclic) bond motifs is 3. The van der Waals surface area contributed by atoms with Crippen LogP contribution in [0.4, 0.5) is 0 Å². The van der Waals surface area contributed by atoms with Gasteiger partial charge in [0.1, 0.15) is 0 Å². The van der Waals surface area contributed by atoms with E-state index in [1.54, 1.807) is 0 Å². The molecule has 0 nitrogen and oxygen atoms in total. The Morgan fingerprint density at radius 1 is 0.550 bits per heavy atom. The average molecular weight is 292 g/mol. The van der Waals surface area contributed by atoms with Gasteiger partial charge in [-0.3, -0.25) is 0 Å². The van der Waals surface area contributed by atoms with Gasteiger partial charge < -0.3 is 0 Å². The molecule has 0 spiro atoms. The number of hydrogen-bond donors (Lipinski definition) is 2. The molecule has 20 heavy (non-hydrogen) atoms. The van der Waals surface area contributed by atoms with E-state index < -0.39 is 0 Å². The number of benzene rings is 4. The summed E-state index contributed by atoms with van der Waals surface area (Å²) in [6, 6.07) is 21.1. The van der Waals surface area contributed by atoms with Gasteiger partial charge in [0.2, 0.25) is 0 Å². The molecular weight excluding hydrogens is 280 g/mol. The van der Waals surface area contributed by atoms with Gasteiger partial charge in [0.05, 0.1) is 0 Å². The molecule has 0 aromatic heterocycles. The van der Waals surface area contributed by atoms with Crippen molar-refractivity contribution in [1.82, 2.24) is 0 Å². The van der Waals surface area contributed by atoms with E-state index in [2.05, 4.69) is 48.5 Å². The fraction of sp³-hybridized carbons (Fsp3) is 0. The topological polar surface area (TPSA) is 0 Å². The van der Waals surface area contributed by atoms with Crippen molar-refractivity contribution in [3.63, 3.8) is 0 Å². The first-order chi connectivity index (χ1) is 9.75. The highest BCUT2D eigenvalue weighted by Crippen LogP contribution is 2.38. The van der Waals surface area contributed by atoms with Crippen LogP contribution in [0, 0.1) is 0 Å². The fourth-order valence-electron chi connectivity index (χ4n) is 2.85. The molecule has 96 valence electrons. The van der Waals surface area contributed by atoms with Gasteiger partial charge >= 0.3 is 0 Å². The monoisotopic (exact) mass is 292 g/mol. The summed E-state index contributed by atoms with van der Waals surface area (Å²) in [6.07, 6.45) is 0. The van der Waals surface area contributed by atoms with Crippen LogP contribution in [0.3, 0.4) is 0 Å². The molecule has 0 unspecified atom stereocenters. The van der Waals surface area contributed by atoms with Gasteiger partial charge in [0.15, 0.2) is 0 Å². The first-order valence-corrected chi connectivity index (χ1v) is 7.40. The first kappa shape index (κ1) is 12.1. The molecule has 0 aliphatic carbocycles. The highest BCUT2D eigenvalue weighted by atomic mass is 32.1. The van der Waals surface area contributed by atoms with Gasteiger partial charge in [0, 0.05) is 15.2 Å². The molecule has 0 saturated heterocycles. The molecule has 4 aromatic carbocycles. The van der Waals surface area contributed by atoms with Gasteiger partial charge in [-0.05, 0) is 39.1 Å². The number of rotatable bonds is 0. The van der Waals surface area contributed by atoms with Crippen molar-refractivity contribution in [2.45, 2.75) is 9.79 Å². The summed E-state index contributed by atoms with van der Waals surface area (Å²) in [5.74, 6) is 0. The summed E-state index contributed by atoms with van der Waals surface area (Å²) >= 11 is 9.53.